The number of benzene rings is 1. The second kappa shape index (κ2) is 4.68. The number of nitrogens with zero attached hydrogens (tertiary/aromatic N) is 3. The summed E-state index contributed by atoms with van der Waals surface area (Å²) >= 11 is 0. The van der Waals surface area contributed by atoms with Crippen molar-refractivity contribution in [2.75, 3.05) is 0 Å². The summed E-state index contributed by atoms with van der Waals surface area (Å²) < 4.78 is 5.25. The highest BCUT2D eigenvalue weighted by atomic mass is 16.5. The summed E-state index contributed by atoms with van der Waals surface area (Å²) in [6.07, 6.45) is 0. The maximum Gasteiger partial charge on any atom is 0.141 e. The van der Waals surface area contributed by atoms with Crippen molar-refractivity contribution in [2.45, 2.75) is 20.8 Å². The van der Waals surface area contributed by atoms with Crippen molar-refractivity contribution in [3.8, 4) is 17.2 Å². The van der Waals surface area contributed by atoms with E-state index in [2.05, 4.69) is 21.2 Å². The number of pyridine rings is 1. The van der Waals surface area contributed by atoms with Crippen molar-refractivity contribution in [3.05, 3.63) is 47.0 Å². The molecule has 0 aliphatic carbocycles. The minimum Gasteiger partial charge on any atom is -0.361 e. The van der Waals surface area contributed by atoms with Crippen molar-refractivity contribution in [1.82, 2.24) is 15.1 Å². The lowest BCUT2D eigenvalue weighted by atomic mass is 9.99. The lowest BCUT2D eigenvalue weighted by Crippen LogP contribution is -1.86. The molecule has 0 aliphatic heterocycles. The molecule has 0 atom stereocenters. The number of nitrogens with one attached hydrogen (secondary N) is 1. The predicted molar refractivity (Wildman–Crippen MR) is 88.0 cm³/mol. The van der Waals surface area contributed by atoms with Gasteiger partial charge in [-0.1, -0.05) is 5.16 Å². The summed E-state index contributed by atoms with van der Waals surface area (Å²) in [7, 11) is 0. The van der Waals surface area contributed by atoms with Crippen LogP contribution in [-0.4, -0.2) is 15.1 Å². The molecule has 3 heterocycles. The third-order valence-electron chi connectivity index (χ3n) is 4.12. The number of nitriles is 1. The molecule has 4 aromatic rings. The molecule has 3 aromatic heterocycles. The van der Waals surface area contributed by atoms with Crippen molar-refractivity contribution >= 4 is 21.9 Å². The highest BCUT2D eigenvalue weighted by Gasteiger charge is 2.17. The maximum atomic E-state index is 9.61. The molecule has 0 saturated heterocycles. The first kappa shape index (κ1) is 13.5. The number of aromatic amines is 1. The highest BCUT2D eigenvalue weighted by Crippen LogP contribution is 2.34. The molecule has 1 N–H and O–H groups in total. The van der Waals surface area contributed by atoms with E-state index in [0.29, 0.717) is 5.56 Å². The number of H-pyrrole nitrogens is 1. The van der Waals surface area contributed by atoms with Gasteiger partial charge < -0.3 is 9.51 Å². The van der Waals surface area contributed by atoms with E-state index in [1.165, 1.54) is 0 Å². The van der Waals surface area contributed by atoms with E-state index in [1.54, 1.807) is 0 Å². The summed E-state index contributed by atoms with van der Waals surface area (Å²) in [5, 5.41) is 14.5. The number of fused-ring (bicyclic) bond motifs is 3. The maximum absolute atomic E-state index is 9.61. The molecule has 0 spiro atoms. The van der Waals surface area contributed by atoms with E-state index in [1.807, 2.05) is 45.0 Å². The Morgan fingerprint density at radius 1 is 1.13 bits per heavy atom. The van der Waals surface area contributed by atoms with Gasteiger partial charge in [0.2, 0.25) is 0 Å². The van der Waals surface area contributed by atoms with E-state index in [-0.39, 0.29) is 0 Å². The molecular formula is C18H14N4O. The van der Waals surface area contributed by atoms with Gasteiger partial charge in [-0.15, -0.1) is 0 Å². The molecule has 0 unspecified atom stereocenters. The Morgan fingerprint density at radius 2 is 1.96 bits per heavy atom. The number of aromatic nitrogens is 3. The van der Waals surface area contributed by atoms with Gasteiger partial charge in [0.05, 0.1) is 33.9 Å². The van der Waals surface area contributed by atoms with Gasteiger partial charge in [-0.05, 0) is 50.6 Å². The van der Waals surface area contributed by atoms with Crippen LogP contribution in [0.15, 0.2) is 28.8 Å². The summed E-state index contributed by atoms with van der Waals surface area (Å²) in [4.78, 5) is 7.94. The molecule has 0 bridgehead atoms. The lowest BCUT2D eigenvalue weighted by Gasteiger charge is -2.03. The molecule has 5 nitrogen and oxygen atoms in total. The highest BCUT2D eigenvalue weighted by molar-refractivity contribution is 6.09. The Labute approximate surface area is 132 Å². The molecule has 112 valence electrons. The predicted octanol–water partition coefficient (Wildman–Crippen LogP) is 4.17. The minimum absolute atomic E-state index is 0.599. The Bertz CT molecular complexity index is 1090. The average molecular weight is 302 g/mol. The van der Waals surface area contributed by atoms with Gasteiger partial charge in [-0.2, -0.15) is 5.26 Å². The van der Waals surface area contributed by atoms with Gasteiger partial charge >= 0.3 is 0 Å². The Hall–Kier alpha value is -3.13. The van der Waals surface area contributed by atoms with Crippen LogP contribution in [-0.2, 0) is 0 Å². The smallest absolute Gasteiger partial charge is 0.141 e. The lowest BCUT2D eigenvalue weighted by molar-refractivity contribution is 0.393. The van der Waals surface area contributed by atoms with Crippen LogP contribution in [0, 0.1) is 32.1 Å². The third kappa shape index (κ3) is 1.92. The standard InChI is InChI=1S/C18H14N4O/c1-9-4-5-14-18(20-9)17-13(8-19)6-12(7-15(17)21-14)16-10(2)22-23-11(16)3/h4-7,21H,1-3H3. The molecule has 0 amide bonds. The molecule has 5 heteroatoms. The second-order valence-corrected chi connectivity index (χ2v) is 5.73. The summed E-state index contributed by atoms with van der Waals surface area (Å²) in [5.41, 5.74) is 6.86. The van der Waals surface area contributed by atoms with Crippen LogP contribution in [0.5, 0.6) is 0 Å². The molecule has 0 aliphatic rings. The molecule has 0 radical (unpaired) electrons. The number of hydrogen-bond donors (Lipinski definition) is 1. The van der Waals surface area contributed by atoms with Crippen LogP contribution in [0.1, 0.15) is 22.7 Å². The molecule has 0 fully saturated rings. The Kier molecular flexibility index (Phi) is 2.75. The first-order valence-corrected chi connectivity index (χ1v) is 7.35. The largest absolute Gasteiger partial charge is 0.361 e. The van der Waals surface area contributed by atoms with Crippen LogP contribution >= 0.6 is 0 Å². The third-order valence-corrected chi connectivity index (χ3v) is 4.12. The topological polar surface area (TPSA) is 78.5 Å². The van der Waals surface area contributed by atoms with Crippen LogP contribution in [0.3, 0.4) is 0 Å². The van der Waals surface area contributed by atoms with Crippen molar-refractivity contribution in [1.29, 1.82) is 5.26 Å². The van der Waals surface area contributed by atoms with E-state index in [0.717, 1.165) is 50.2 Å². The quantitative estimate of drug-likeness (QED) is 0.572. The Balaban J connectivity index is 2.12. The van der Waals surface area contributed by atoms with E-state index in [4.69, 9.17) is 4.52 Å². The fourth-order valence-corrected chi connectivity index (χ4v) is 3.12. The number of aryl methyl sites for hydroxylation is 3. The van der Waals surface area contributed by atoms with Crippen LogP contribution in [0.25, 0.3) is 33.1 Å². The van der Waals surface area contributed by atoms with Crippen molar-refractivity contribution in [3.63, 3.8) is 0 Å². The van der Waals surface area contributed by atoms with Gasteiger partial charge in [-0.25, -0.2) is 0 Å². The molecule has 0 saturated carbocycles. The van der Waals surface area contributed by atoms with E-state index >= 15 is 0 Å². The van der Waals surface area contributed by atoms with Gasteiger partial charge in [0.25, 0.3) is 0 Å². The summed E-state index contributed by atoms with van der Waals surface area (Å²) in [6, 6.07) is 10.2. The van der Waals surface area contributed by atoms with Crippen molar-refractivity contribution in [2.24, 2.45) is 0 Å². The summed E-state index contributed by atoms with van der Waals surface area (Å²) in [6.45, 7) is 5.72. The van der Waals surface area contributed by atoms with Gasteiger partial charge in [0.15, 0.2) is 0 Å². The molecule has 23 heavy (non-hydrogen) atoms. The number of rotatable bonds is 1. The SMILES string of the molecule is Cc1ccc2[nH]c3cc(-c4c(C)noc4C)cc(C#N)c3c2n1. The van der Waals surface area contributed by atoms with Crippen LogP contribution < -0.4 is 0 Å². The molecular weight excluding hydrogens is 288 g/mol. The zero-order valence-corrected chi connectivity index (χ0v) is 13.1. The monoisotopic (exact) mass is 302 g/mol. The van der Waals surface area contributed by atoms with Crippen LogP contribution in [0.2, 0.25) is 0 Å². The first-order chi connectivity index (χ1) is 11.1. The fraction of sp³-hybridized carbons (Fsp3) is 0.167. The van der Waals surface area contributed by atoms with Crippen LogP contribution in [0.4, 0.5) is 0 Å². The summed E-state index contributed by atoms with van der Waals surface area (Å²) in [5.74, 6) is 0.746. The van der Waals surface area contributed by atoms with Gasteiger partial charge in [-0.3, -0.25) is 4.98 Å². The minimum atomic E-state index is 0.599. The Morgan fingerprint density at radius 3 is 2.65 bits per heavy atom. The van der Waals surface area contributed by atoms with E-state index in [9.17, 15) is 5.26 Å². The van der Waals surface area contributed by atoms with E-state index < -0.39 is 0 Å². The van der Waals surface area contributed by atoms with Gasteiger partial charge in [0.1, 0.15) is 5.76 Å². The van der Waals surface area contributed by atoms with Crippen molar-refractivity contribution < 1.29 is 4.52 Å². The zero-order valence-electron chi connectivity index (χ0n) is 13.1. The fourth-order valence-electron chi connectivity index (χ4n) is 3.12. The zero-order chi connectivity index (χ0) is 16.1. The normalized spacial score (nSPS) is 11.2. The van der Waals surface area contributed by atoms with Gasteiger partial charge in [0, 0.05) is 16.6 Å². The molecule has 4 rings (SSSR count). The number of hydrogen-bond acceptors (Lipinski definition) is 4. The first-order valence-electron chi connectivity index (χ1n) is 7.35. The average Bonchev–Trinajstić information content (AvgIpc) is 3.06. The molecule has 1 aromatic carbocycles. The second-order valence-electron chi connectivity index (χ2n) is 5.73.